The van der Waals surface area contributed by atoms with E-state index < -0.39 is 0 Å². The fraction of sp³-hybridized carbons (Fsp3) is 0.200. The van der Waals surface area contributed by atoms with Crippen LogP contribution in [0.1, 0.15) is 18.2 Å². The molecule has 1 amide bonds. The van der Waals surface area contributed by atoms with E-state index in [9.17, 15) is 4.79 Å². The van der Waals surface area contributed by atoms with E-state index in [1.54, 1.807) is 23.1 Å². The lowest BCUT2D eigenvalue weighted by Gasteiger charge is -2.10. The number of hydrogen-bond donors (Lipinski definition) is 1. The Bertz CT molecular complexity index is 897. The van der Waals surface area contributed by atoms with Gasteiger partial charge in [-0.3, -0.25) is 4.79 Å². The number of amides is 1. The highest BCUT2D eigenvalue weighted by atomic mass is 79.9. The molecule has 0 saturated heterocycles. The average molecular weight is 463 g/mol. The molecular formula is C20H19BrN2O2S2. The van der Waals surface area contributed by atoms with Gasteiger partial charge < -0.3 is 10.1 Å². The first-order valence-electron chi connectivity index (χ1n) is 8.47. The molecule has 0 atom stereocenters. The molecular weight excluding hydrogens is 444 g/mol. The van der Waals surface area contributed by atoms with Crippen LogP contribution < -0.4 is 10.1 Å². The van der Waals surface area contributed by atoms with Crippen LogP contribution in [0, 0.1) is 0 Å². The van der Waals surface area contributed by atoms with E-state index in [0.717, 1.165) is 20.3 Å². The molecule has 1 N–H and O–H groups in total. The molecule has 0 radical (unpaired) electrons. The summed E-state index contributed by atoms with van der Waals surface area (Å²) >= 11 is 6.69. The third-order valence-electron chi connectivity index (χ3n) is 3.61. The summed E-state index contributed by atoms with van der Waals surface area (Å²) < 4.78 is 7.58. The van der Waals surface area contributed by atoms with E-state index in [0.29, 0.717) is 18.0 Å². The van der Waals surface area contributed by atoms with Gasteiger partial charge in [0.15, 0.2) is 0 Å². The molecule has 2 aromatic carbocycles. The smallest absolute Gasteiger partial charge is 0.230 e. The highest BCUT2D eigenvalue weighted by Gasteiger charge is 2.11. The van der Waals surface area contributed by atoms with Crippen LogP contribution in [0.4, 0.5) is 5.69 Å². The Labute approximate surface area is 175 Å². The third kappa shape index (κ3) is 6.09. The van der Waals surface area contributed by atoms with Gasteiger partial charge >= 0.3 is 0 Å². The number of halogens is 1. The van der Waals surface area contributed by atoms with Crippen LogP contribution in [0.3, 0.4) is 0 Å². The van der Waals surface area contributed by atoms with Crippen molar-refractivity contribution in [3.05, 3.63) is 69.6 Å². The van der Waals surface area contributed by atoms with Gasteiger partial charge in [0.25, 0.3) is 0 Å². The molecule has 0 aliphatic carbocycles. The molecule has 1 aromatic heterocycles. The first kappa shape index (κ1) is 19.9. The van der Waals surface area contributed by atoms with E-state index >= 15 is 0 Å². The number of para-hydroxylation sites is 2. The zero-order chi connectivity index (χ0) is 19.1. The van der Waals surface area contributed by atoms with Gasteiger partial charge in [0.05, 0.1) is 24.4 Å². The van der Waals surface area contributed by atoms with Crippen molar-refractivity contribution in [3.8, 4) is 5.75 Å². The van der Waals surface area contributed by atoms with Gasteiger partial charge in [-0.15, -0.1) is 11.3 Å². The minimum absolute atomic E-state index is 0.100. The molecule has 4 nitrogen and oxygen atoms in total. The van der Waals surface area contributed by atoms with Crippen molar-refractivity contribution in [2.24, 2.45) is 0 Å². The maximum atomic E-state index is 12.3. The largest absolute Gasteiger partial charge is 0.492 e. The van der Waals surface area contributed by atoms with Gasteiger partial charge in [0.1, 0.15) is 10.1 Å². The zero-order valence-electron chi connectivity index (χ0n) is 14.8. The predicted molar refractivity (Wildman–Crippen MR) is 116 cm³/mol. The highest BCUT2D eigenvalue weighted by molar-refractivity contribution is 9.10. The SMILES string of the molecule is CCOc1ccccc1NC(=O)Cc1csc(SCc2ccc(Br)cc2)n1. The van der Waals surface area contributed by atoms with Crippen LogP contribution in [-0.2, 0) is 17.0 Å². The molecule has 0 unspecified atom stereocenters. The Morgan fingerprint density at radius 2 is 2.00 bits per heavy atom. The number of ether oxygens (including phenoxy) is 1. The summed E-state index contributed by atoms with van der Waals surface area (Å²) in [7, 11) is 0. The Kier molecular flexibility index (Phi) is 7.32. The Balaban J connectivity index is 1.54. The fourth-order valence-corrected chi connectivity index (χ4v) is 4.44. The number of thiazole rings is 1. The molecule has 3 aromatic rings. The van der Waals surface area contributed by atoms with Crippen LogP contribution in [-0.4, -0.2) is 17.5 Å². The Morgan fingerprint density at radius 3 is 2.78 bits per heavy atom. The maximum Gasteiger partial charge on any atom is 0.230 e. The van der Waals surface area contributed by atoms with E-state index in [4.69, 9.17) is 4.74 Å². The molecule has 7 heteroatoms. The number of carbonyl (C=O) groups is 1. The topological polar surface area (TPSA) is 51.2 Å². The first-order chi connectivity index (χ1) is 13.1. The molecule has 27 heavy (non-hydrogen) atoms. The van der Waals surface area contributed by atoms with Gasteiger partial charge in [-0.1, -0.05) is 52.0 Å². The monoisotopic (exact) mass is 462 g/mol. The van der Waals surface area contributed by atoms with Gasteiger partial charge in [-0.2, -0.15) is 0 Å². The fourth-order valence-electron chi connectivity index (χ4n) is 2.37. The predicted octanol–water partition coefficient (Wildman–Crippen LogP) is 5.78. The van der Waals surface area contributed by atoms with E-state index in [2.05, 4.69) is 38.4 Å². The van der Waals surface area contributed by atoms with Crippen molar-refractivity contribution >= 4 is 50.6 Å². The summed E-state index contributed by atoms with van der Waals surface area (Å²) in [5.74, 6) is 1.43. The quantitative estimate of drug-likeness (QED) is 0.431. The van der Waals surface area contributed by atoms with Crippen molar-refractivity contribution in [2.45, 2.75) is 23.4 Å². The van der Waals surface area contributed by atoms with Crippen LogP contribution in [0.5, 0.6) is 5.75 Å². The van der Waals surface area contributed by atoms with Crippen molar-refractivity contribution in [1.82, 2.24) is 4.98 Å². The number of benzene rings is 2. The standard InChI is InChI=1S/C20H19BrN2O2S2/c1-2-25-18-6-4-3-5-17(18)23-19(24)11-16-13-27-20(22-16)26-12-14-7-9-15(21)10-8-14/h3-10,13H,2,11-12H2,1H3,(H,23,24). The highest BCUT2D eigenvalue weighted by Crippen LogP contribution is 2.27. The molecule has 0 bridgehead atoms. The van der Waals surface area contributed by atoms with Gasteiger partial charge in [0.2, 0.25) is 5.91 Å². The first-order valence-corrected chi connectivity index (χ1v) is 11.1. The second-order valence-electron chi connectivity index (χ2n) is 5.67. The Morgan fingerprint density at radius 1 is 1.22 bits per heavy atom. The van der Waals surface area contributed by atoms with Crippen molar-refractivity contribution in [3.63, 3.8) is 0 Å². The second kappa shape index (κ2) is 9.92. The lowest BCUT2D eigenvalue weighted by Crippen LogP contribution is -2.15. The van der Waals surface area contributed by atoms with Gasteiger partial charge in [-0.25, -0.2) is 4.98 Å². The summed E-state index contributed by atoms with van der Waals surface area (Å²) in [6.45, 7) is 2.47. The minimum atomic E-state index is -0.100. The molecule has 0 saturated carbocycles. The molecule has 0 aliphatic heterocycles. The molecule has 1 heterocycles. The molecule has 0 spiro atoms. The maximum absolute atomic E-state index is 12.3. The van der Waals surface area contributed by atoms with Crippen molar-refractivity contribution in [2.75, 3.05) is 11.9 Å². The number of nitrogens with one attached hydrogen (secondary N) is 1. The Hall–Kier alpha value is -1.83. The number of hydrogen-bond acceptors (Lipinski definition) is 5. The van der Waals surface area contributed by atoms with E-state index in [1.807, 2.05) is 48.7 Å². The number of nitrogens with zero attached hydrogens (tertiary/aromatic N) is 1. The normalized spacial score (nSPS) is 10.6. The molecule has 3 rings (SSSR count). The summed E-state index contributed by atoms with van der Waals surface area (Å²) in [4.78, 5) is 16.9. The number of carbonyl (C=O) groups excluding carboxylic acids is 1. The molecule has 140 valence electrons. The van der Waals surface area contributed by atoms with Gasteiger partial charge in [0, 0.05) is 15.6 Å². The minimum Gasteiger partial charge on any atom is -0.492 e. The van der Waals surface area contributed by atoms with Crippen LogP contribution >= 0.6 is 39.0 Å². The number of anilines is 1. The van der Waals surface area contributed by atoms with Crippen LogP contribution in [0.2, 0.25) is 0 Å². The number of thioether (sulfide) groups is 1. The second-order valence-corrected chi connectivity index (χ2v) is 8.67. The summed E-state index contributed by atoms with van der Waals surface area (Å²) in [5.41, 5.74) is 2.71. The summed E-state index contributed by atoms with van der Waals surface area (Å²) in [6, 6.07) is 15.7. The van der Waals surface area contributed by atoms with E-state index in [-0.39, 0.29) is 12.3 Å². The number of rotatable bonds is 8. The summed E-state index contributed by atoms with van der Waals surface area (Å²) in [6.07, 6.45) is 0.246. The third-order valence-corrected chi connectivity index (χ3v) is 6.28. The number of aromatic nitrogens is 1. The molecule has 0 aliphatic rings. The lowest BCUT2D eigenvalue weighted by molar-refractivity contribution is -0.115. The van der Waals surface area contributed by atoms with Crippen LogP contribution in [0.15, 0.2) is 62.7 Å². The lowest BCUT2D eigenvalue weighted by atomic mass is 10.2. The van der Waals surface area contributed by atoms with Gasteiger partial charge in [-0.05, 0) is 36.8 Å². The van der Waals surface area contributed by atoms with Crippen molar-refractivity contribution < 1.29 is 9.53 Å². The average Bonchev–Trinajstić information content (AvgIpc) is 3.10. The summed E-state index contributed by atoms with van der Waals surface area (Å²) in [5, 5.41) is 4.85. The van der Waals surface area contributed by atoms with Crippen LogP contribution in [0.25, 0.3) is 0 Å². The van der Waals surface area contributed by atoms with E-state index in [1.165, 1.54) is 5.56 Å². The molecule has 0 fully saturated rings. The zero-order valence-corrected chi connectivity index (χ0v) is 18.0. The van der Waals surface area contributed by atoms with Crippen molar-refractivity contribution in [1.29, 1.82) is 0 Å².